The van der Waals surface area contributed by atoms with Crippen LogP contribution in [-0.2, 0) is 4.79 Å². The molecule has 1 atom stereocenters. The van der Waals surface area contributed by atoms with Gasteiger partial charge >= 0.3 is 0 Å². The molecule has 0 aliphatic carbocycles. The summed E-state index contributed by atoms with van der Waals surface area (Å²) in [7, 11) is 0. The minimum atomic E-state index is 0.167. The fourth-order valence-electron chi connectivity index (χ4n) is 1.55. The van der Waals surface area contributed by atoms with Gasteiger partial charge in [0.1, 0.15) is 0 Å². The maximum atomic E-state index is 11.4. The molecule has 0 saturated heterocycles. The van der Waals surface area contributed by atoms with Gasteiger partial charge in [0.25, 0.3) is 0 Å². The van der Waals surface area contributed by atoms with Gasteiger partial charge in [-0.1, -0.05) is 33.1 Å². The van der Waals surface area contributed by atoms with E-state index in [1.54, 1.807) is 0 Å². The lowest BCUT2D eigenvalue weighted by atomic mass is 10.2. The standard InChI is InChI=1S/C12H26N2O/c1-4-6-7-8-9-14-12(15)10-11(3)13-5-2/h11,13H,4-10H2,1-3H3,(H,14,15). The number of amides is 1. The molecule has 0 fully saturated rings. The average molecular weight is 214 g/mol. The number of carbonyl (C=O) groups excluding carboxylic acids is 1. The molecule has 0 aromatic heterocycles. The Morgan fingerprint density at radius 1 is 1.20 bits per heavy atom. The smallest absolute Gasteiger partial charge is 0.221 e. The Bertz CT molecular complexity index is 160. The first-order chi connectivity index (χ1) is 7.20. The van der Waals surface area contributed by atoms with Crippen molar-refractivity contribution >= 4 is 5.91 Å². The molecule has 0 aliphatic rings. The third-order valence-electron chi connectivity index (χ3n) is 2.40. The van der Waals surface area contributed by atoms with E-state index in [4.69, 9.17) is 0 Å². The highest BCUT2D eigenvalue weighted by atomic mass is 16.1. The fraction of sp³-hybridized carbons (Fsp3) is 0.917. The second kappa shape index (κ2) is 9.97. The second-order valence-corrected chi connectivity index (χ2v) is 4.07. The second-order valence-electron chi connectivity index (χ2n) is 4.07. The molecular formula is C12H26N2O. The number of hydrogen-bond acceptors (Lipinski definition) is 2. The van der Waals surface area contributed by atoms with Gasteiger partial charge in [0.05, 0.1) is 0 Å². The van der Waals surface area contributed by atoms with Crippen LogP contribution >= 0.6 is 0 Å². The van der Waals surface area contributed by atoms with Gasteiger partial charge in [-0.05, 0) is 19.9 Å². The summed E-state index contributed by atoms with van der Waals surface area (Å²) in [6, 6.07) is 0.283. The number of nitrogens with one attached hydrogen (secondary N) is 2. The van der Waals surface area contributed by atoms with Crippen molar-refractivity contribution < 1.29 is 4.79 Å². The van der Waals surface area contributed by atoms with Crippen LogP contribution < -0.4 is 10.6 Å². The monoisotopic (exact) mass is 214 g/mol. The first-order valence-electron chi connectivity index (χ1n) is 6.20. The lowest BCUT2D eigenvalue weighted by Gasteiger charge is -2.11. The predicted molar refractivity (Wildman–Crippen MR) is 64.9 cm³/mol. The summed E-state index contributed by atoms with van der Waals surface area (Å²) in [5.74, 6) is 0.167. The van der Waals surface area contributed by atoms with Crippen LogP contribution in [0.5, 0.6) is 0 Å². The van der Waals surface area contributed by atoms with Crippen molar-refractivity contribution in [2.75, 3.05) is 13.1 Å². The van der Waals surface area contributed by atoms with Crippen LogP contribution in [0.1, 0.15) is 52.9 Å². The van der Waals surface area contributed by atoms with E-state index < -0.39 is 0 Å². The van der Waals surface area contributed by atoms with E-state index in [1.165, 1.54) is 19.3 Å². The van der Waals surface area contributed by atoms with Crippen molar-refractivity contribution in [3.05, 3.63) is 0 Å². The highest BCUT2D eigenvalue weighted by Crippen LogP contribution is 1.97. The van der Waals surface area contributed by atoms with Crippen LogP contribution in [0.25, 0.3) is 0 Å². The number of hydrogen-bond donors (Lipinski definition) is 2. The van der Waals surface area contributed by atoms with Crippen LogP contribution in [0.15, 0.2) is 0 Å². The Labute approximate surface area is 94.0 Å². The zero-order valence-electron chi connectivity index (χ0n) is 10.4. The first-order valence-corrected chi connectivity index (χ1v) is 6.20. The lowest BCUT2D eigenvalue weighted by Crippen LogP contribution is -2.34. The predicted octanol–water partition coefficient (Wildman–Crippen LogP) is 2.07. The Morgan fingerprint density at radius 2 is 1.93 bits per heavy atom. The summed E-state index contributed by atoms with van der Waals surface area (Å²) in [6.07, 6.45) is 5.42. The third-order valence-corrected chi connectivity index (χ3v) is 2.40. The summed E-state index contributed by atoms with van der Waals surface area (Å²) in [5, 5.41) is 6.18. The van der Waals surface area contributed by atoms with Gasteiger partial charge in [0.2, 0.25) is 5.91 Å². The van der Waals surface area contributed by atoms with E-state index >= 15 is 0 Å². The van der Waals surface area contributed by atoms with Gasteiger partial charge in [-0.15, -0.1) is 0 Å². The number of carbonyl (C=O) groups is 1. The van der Waals surface area contributed by atoms with Crippen LogP contribution in [0.2, 0.25) is 0 Å². The van der Waals surface area contributed by atoms with Crippen molar-refractivity contribution in [3.63, 3.8) is 0 Å². The van der Waals surface area contributed by atoms with Gasteiger partial charge in [-0.2, -0.15) is 0 Å². The third kappa shape index (κ3) is 9.73. The molecule has 0 aromatic rings. The van der Waals surface area contributed by atoms with Crippen LogP contribution in [0.4, 0.5) is 0 Å². The van der Waals surface area contributed by atoms with E-state index in [9.17, 15) is 4.79 Å². The Hall–Kier alpha value is -0.570. The summed E-state index contributed by atoms with van der Waals surface area (Å²) < 4.78 is 0. The van der Waals surface area contributed by atoms with Crippen molar-refractivity contribution in [1.82, 2.24) is 10.6 Å². The molecule has 0 rings (SSSR count). The molecule has 1 unspecified atom stereocenters. The topological polar surface area (TPSA) is 41.1 Å². The van der Waals surface area contributed by atoms with Crippen molar-refractivity contribution in [3.8, 4) is 0 Å². The molecule has 0 saturated carbocycles. The minimum absolute atomic E-state index is 0.167. The zero-order chi connectivity index (χ0) is 11.5. The quantitative estimate of drug-likeness (QED) is 0.577. The van der Waals surface area contributed by atoms with Gasteiger partial charge in [-0.25, -0.2) is 0 Å². The minimum Gasteiger partial charge on any atom is -0.356 e. The van der Waals surface area contributed by atoms with E-state index in [0.29, 0.717) is 6.42 Å². The molecule has 15 heavy (non-hydrogen) atoms. The van der Waals surface area contributed by atoms with E-state index in [-0.39, 0.29) is 11.9 Å². The summed E-state index contributed by atoms with van der Waals surface area (Å²) in [5.41, 5.74) is 0. The lowest BCUT2D eigenvalue weighted by molar-refractivity contribution is -0.121. The van der Waals surface area contributed by atoms with E-state index in [0.717, 1.165) is 19.5 Å². The van der Waals surface area contributed by atoms with Crippen LogP contribution in [0.3, 0.4) is 0 Å². The molecule has 3 nitrogen and oxygen atoms in total. The summed E-state index contributed by atoms with van der Waals surface area (Å²) in [6.45, 7) is 8.04. The SMILES string of the molecule is CCCCCCNC(=O)CC(C)NCC. The molecule has 1 amide bonds. The van der Waals surface area contributed by atoms with E-state index in [2.05, 4.69) is 24.5 Å². The highest BCUT2D eigenvalue weighted by molar-refractivity contribution is 5.76. The molecule has 0 aromatic carbocycles. The number of unbranched alkanes of at least 4 members (excludes halogenated alkanes) is 3. The molecule has 2 N–H and O–H groups in total. The van der Waals surface area contributed by atoms with Crippen LogP contribution in [0, 0.1) is 0 Å². The molecule has 0 radical (unpaired) electrons. The maximum absolute atomic E-state index is 11.4. The maximum Gasteiger partial charge on any atom is 0.221 e. The zero-order valence-corrected chi connectivity index (χ0v) is 10.4. The molecule has 0 bridgehead atoms. The molecule has 3 heteroatoms. The summed E-state index contributed by atoms with van der Waals surface area (Å²) in [4.78, 5) is 11.4. The Kier molecular flexibility index (Phi) is 9.59. The molecular weight excluding hydrogens is 188 g/mol. The van der Waals surface area contributed by atoms with Crippen LogP contribution in [-0.4, -0.2) is 25.0 Å². The van der Waals surface area contributed by atoms with Crippen molar-refractivity contribution in [1.29, 1.82) is 0 Å². The Balaban J connectivity index is 3.32. The molecule has 0 heterocycles. The normalized spacial score (nSPS) is 12.5. The largest absolute Gasteiger partial charge is 0.356 e. The molecule has 0 spiro atoms. The van der Waals surface area contributed by atoms with Gasteiger partial charge in [0.15, 0.2) is 0 Å². The average Bonchev–Trinajstić information content (AvgIpc) is 2.17. The Morgan fingerprint density at radius 3 is 2.53 bits per heavy atom. The van der Waals surface area contributed by atoms with Gasteiger partial charge < -0.3 is 10.6 Å². The fourth-order valence-corrected chi connectivity index (χ4v) is 1.55. The first kappa shape index (κ1) is 14.4. The number of rotatable bonds is 9. The van der Waals surface area contributed by atoms with E-state index in [1.807, 2.05) is 6.92 Å². The van der Waals surface area contributed by atoms with Crippen molar-refractivity contribution in [2.45, 2.75) is 58.9 Å². The van der Waals surface area contributed by atoms with Gasteiger partial charge in [0, 0.05) is 19.0 Å². The molecule has 90 valence electrons. The van der Waals surface area contributed by atoms with Gasteiger partial charge in [-0.3, -0.25) is 4.79 Å². The van der Waals surface area contributed by atoms with Crippen molar-refractivity contribution in [2.24, 2.45) is 0 Å². The molecule has 0 aliphatic heterocycles. The summed E-state index contributed by atoms with van der Waals surface area (Å²) >= 11 is 0. The highest BCUT2D eigenvalue weighted by Gasteiger charge is 2.06.